The Morgan fingerprint density at radius 3 is 2.47 bits per heavy atom. The third-order valence-electron chi connectivity index (χ3n) is 6.32. The van der Waals surface area contributed by atoms with E-state index in [9.17, 15) is 4.79 Å². The van der Waals surface area contributed by atoms with E-state index in [1.54, 1.807) is 13.3 Å². The average Bonchev–Trinajstić information content (AvgIpc) is 3.15. The number of carbonyl (C=O) groups is 1. The van der Waals surface area contributed by atoms with Gasteiger partial charge in [-0.3, -0.25) is 9.69 Å². The minimum Gasteiger partial charge on any atom is -0.386 e. The van der Waals surface area contributed by atoms with E-state index in [1.165, 1.54) is 0 Å². The number of benzene rings is 1. The molecule has 1 amide bonds. The minimum absolute atomic E-state index is 0. The van der Waals surface area contributed by atoms with Crippen LogP contribution in [0.2, 0.25) is 0 Å². The van der Waals surface area contributed by atoms with Crippen LogP contribution in [0.4, 0.5) is 5.82 Å². The number of anilines is 1. The maximum absolute atomic E-state index is 13.7. The van der Waals surface area contributed by atoms with Gasteiger partial charge in [0.15, 0.2) is 5.60 Å². The zero-order valence-corrected chi connectivity index (χ0v) is 29.1. The quantitative estimate of drug-likeness (QED) is 0.317. The molecule has 4 rings (SSSR count). The molecular formula is C28H40N4O4W2-2. The van der Waals surface area contributed by atoms with Gasteiger partial charge < -0.3 is 34.5 Å². The first-order valence-electron chi connectivity index (χ1n) is 11.9. The van der Waals surface area contributed by atoms with Crippen molar-refractivity contribution in [1.82, 2.24) is 10.3 Å². The summed E-state index contributed by atoms with van der Waals surface area (Å²) in [6.45, 7) is 8.55. The van der Waals surface area contributed by atoms with Crippen LogP contribution in [0, 0.1) is 21.8 Å². The Balaban J connectivity index is 0.00000342. The number of aryl methyl sites for hydroxylation is 1. The SMILES string of the molecule is COCCO[C@H]1C(c2ccc(C(=O)N(c3ncccc3C)[C@@H]3CCCNC3)cc2)=NOC1(C)C.[CH3-].[CH3-].[W].[W]. The fourth-order valence-electron chi connectivity index (χ4n) is 4.47. The number of piperidine rings is 1. The third-order valence-corrected chi connectivity index (χ3v) is 6.32. The first-order chi connectivity index (χ1) is 16.4. The molecule has 1 saturated heterocycles. The fraction of sp³-hybridized carbons (Fsp3) is 0.464. The summed E-state index contributed by atoms with van der Waals surface area (Å²) in [6, 6.07) is 11.5. The number of hydrogen-bond acceptors (Lipinski definition) is 7. The van der Waals surface area contributed by atoms with E-state index in [0.717, 1.165) is 37.1 Å². The molecule has 1 aromatic carbocycles. The number of ether oxygens (including phenoxy) is 2. The predicted octanol–water partition coefficient (Wildman–Crippen LogP) is 4.23. The van der Waals surface area contributed by atoms with Crippen LogP contribution >= 0.6 is 0 Å². The Morgan fingerprint density at radius 2 is 1.87 bits per heavy atom. The molecule has 10 heteroatoms. The van der Waals surface area contributed by atoms with Crippen molar-refractivity contribution >= 4 is 17.4 Å². The molecule has 0 radical (unpaired) electrons. The molecule has 2 aliphatic rings. The normalized spacial score (nSPS) is 19.3. The predicted molar refractivity (Wildman–Crippen MR) is 144 cm³/mol. The van der Waals surface area contributed by atoms with Crippen LogP contribution in [0.15, 0.2) is 47.8 Å². The van der Waals surface area contributed by atoms with Gasteiger partial charge >= 0.3 is 0 Å². The van der Waals surface area contributed by atoms with Crippen LogP contribution in [0.3, 0.4) is 0 Å². The summed E-state index contributed by atoms with van der Waals surface area (Å²) >= 11 is 0. The van der Waals surface area contributed by atoms with Crippen molar-refractivity contribution in [3.05, 3.63) is 74.1 Å². The number of methoxy groups -OCH3 is 1. The number of nitrogens with zero attached hydrogens (tertiary/aromatic N) is 3. The van der Waals surface area contributed by atoms with Gasteiger partial charge in [0.1, 0.15) is 17.6 Å². The molecule has 1 fully saturated rings. The van der Waals surface area contributed by atoms with Crippen molar-refractivity contribution in [3.63, 3.8) is 0 Å². The Bertz CT molecular complexity index is 1030. The van der Waals surface area contributed by atoms with Gasteiger partial charge in [0.05, 0.1) is 19.3 Å². The summed E-state index contributed by atoms with van der Waals surface area (Å²) in [5.74, 6) is 0.659. The number of rotatable bonds is 8. The van der Waals surface area contributed by atoms with Gasteiger partial charge in [-0.15, -0.1) is 0 Å². The summed E-state index contributed by atoms with van der Waals surface area (Å²) in [4.78, 5) is 25.8. The smallest absolute Gasteiger partial charge is 0.259 e. The van der Waals surface area contributed by atoms with E-state index >= 15 is 0 Å². The van der Waals surface area contributed by atoms with Crippen molar-refractivity contribution < 1.29 is 61.2 Å². The Labute approximate surface area is 256 Å². The van der Waals surface area contributed by atoms with Crippen molar-refractivity contribution in [1.29, 1.82) is 0 Å². The maximum Gasteiger partial charge on any atom is 0.259 e. The van der Waals surface area contributed by atoms with E-state index in [1.807, 2.05) is 62.1 Å². The second kappa shape index (κ2) is 16.6. The first-order valence-corrected chi connectivity index (χ1v) is 11.9. The molecule has 0 spiro atoms. The monoisotopic (exact) mass is 864 g/mol. The molecule has 38 heavy (non-hydrogen) atoms. The molecule has 8 nitrogen and oxygen atoms in total. The van der Waals surface area contributed by atoms with Crippen LogP contribution < -0.4 is 10.2 Å². The number of oxime groups is 1. The Morgan fingerprint density at radius 1 is 1.16 bits per heavy atom. The molecule has 2 atom stereocenters. The van der Waals surface area contributed by atoms with Gasteiger partial charge in [-0.2, -0.15) is 0 Å². The van der Waals surface area contributed by atoms with Gasteiger partial charge in [0, 0.05) is 73.1 Å². The minimum atomic E-state index is -0.584. The standard InChI is InChI=1S/C26H34N4O4.2CH3.2W/c1-18-7-5-14-28-24(18)30(21-8-6-13-27-17-21)25(31)20-11-9-19(10-12-20)22-23(33-16-15-32-4)26(2,3)34-29-22;;;;/h5,7,9-12,14,21,23,27H,6,8,13,15-17H2,1-4H3;2*1H3;;/q;2*-1;;/t21-,23+;;;;/m1..../s1. The van der Waals surface area contributed by atoms with Crippen molar-refractivity contribution in [2.24, 2.45) is 5.16 Å². The molecule has 0 saturated carbocycles. The summed E-state index contributed by atoms with van der Waals surface area (Å²) in [5, 5.41) is 7.71. The van der Waals surface area contributed by atoms with Crippen molar-refractivity contribution in [2.75, 3.05) is 38.3 Å². The van der Waals surface area contributed by atoms with Gasteiger partial charge in [0.25, 0.3) is 5.91 Å². The van der Waals surface area contributed by atoms with E-state index in [4.69, 9.17) is 14.3 Å². The van der Waals surface area contributed by atoms with Crippen molar-refractivity contribution in [2.45, 2.75) is 51.4 Å². The van der Waals surface area contributed by atoms with Crippen LogP contribution in [0.5, 0.6) is 0 Å². The number of aromatic nitrogens is 1. The molecule has 2 aliphatic heterocycles. The summed E-state index contributed by atoms with van der Waals surface area (Å²) in [7, 11) is 1.64. The topological polar surface area (TPSA) is 85.3 Å². The van der Waals surface area contributed by atoms with E-state index in [-0.39, 0.29) is 75.0 Å². The number of pyridine rings is 1. The number of amides is 1. The van der Waals surface area contributed by atoms with Crippen LogP contribution in [0.25, 0.3) is 0 Å². The molecule has 0 aliphatic carbocycles. The van der Waals surface area contributed by atoms with E-state index in [0.29, 0.717) is 30.3 Å². The molecule has 1 aromatic heterocycles. The molecule has 0 unspecified atom stereocenters. The number of hydrogen-bond donors (Lipinski definition) is 1. The Hall–Kier alpha value is -1.43. The first kappa shape index (κ1) is 36.6. The molecular weight excluding hydrogens is 824 g/mol. The summed E-state index contributed by atoms with van der Waals surface area (Å²) in [5.41, 5.74) is 2.58. The van der Waals surface area contributed by atoms with Crippen LogP contribution in [-0.2, 0) is 56.4 Å². The largest absolute Gasteiger partial charge is 0.386 e. The molecule has 2 aromatic rings. The molecule has 3 heterocycles. The van der Waals surface area contributed by atoms with E-state index < -0.39 is 5.60 Å². The second-order valence-electron chi connectivity index (χ2n) is 9.31. The third kappa shape index (κ3) is 8.28. The molecule has 1 N–H and O–H groups in total. The number of carbonyl (C=O) groups excluding carboxylic acids is 1. The average molecular weight is 864 g/mol. The fourth-order valence-corrected chi connectivity index (χ4v) is 4.47. The number of nitrogens with one attached hydrogen (secondary N) is 1. The van der Waals surface area contributed by atoms with Gasteiger partial charge in [-0.05, 0) is 63.9 Å². The van der Waals surface area contributed by atoms with Gasteiger partial charge in [0.2, 0.25) is 0 Å². The zero-order valence-electron chi connectivity index (χ0n) is 23.2. The van der Waals surface area contributed by atoms with Gasteiger partial charge in [-0.1, -0.05) is 23.4 Å². The van der Waals surface area contributed by atoms with Crippen LogP contribution in [-0.4, -0.2) is 67.8 Å². The van der Waals surface area contributed by atoms with Crippen molar-refractivity contribution in [3.8, 4) is 0 Å². The van der Waals surface area contributed by atoms with E-state index in [2.05, 4.69) is 15.5 Å². The molecule has 0 bridgehead atoms. The zero-order chi connectivity index (χ0) is 24.1. The van der Waals surface area contributed by atoms with Crippen LogP contribution in [0.1, 0.15) is 48.2 Å². The summed E-state index contributed by atoms with van der Waals surface area (Å²) < 4.78 is 11.1. The maximum atomic E-state index is 13.7. The van der Waals surface area contributed by atoms with Gasteiger partial charge in [-0.25, -0.2) is 4.98 Å². The molecule has 210 valence electrons. The Kier molecular flexibility index (Phi) is 16.0. The second-order valence-corrected chi connectivity index (χ2v) is 9.31. The summed E-state index contributed by atoms with van der Waals surface area (Å²) in [6.07, 6.45) is 3.38.